The number of unbranched alkanes of at least 4 members (excludes halogenated alkanes) is 2. The fourth-order valence-electron chi connectivity index (χ4n) is 0.679. The molecule has 0 radical (unpaired) electrons. The molecule has 0 unspecified atom stereocenters. The van der Waals surface area contributed by atoms with E-state index in [9.17, 15) is 4.89 Å². The molecule has 0 aromatic carbocycles. The van der Waals surface area contributed by atoms with Gasteiger partial charge in [0.05, 0.1) is 13.2 Å². The van der Waals surface area contributed by atoms with Crippen LogP contribution in [0.2, 0.25) is 0 Å². The van der Waals surface area contributed by atoms with Crippen LogP contribution < -0.4 is 4.89 Å². The molecule has 0 bridgehead atoms. The zero-order chi connectivity index (χ0) is 10.2. The second-order valence-electron chi connectivity index (χ2n) is 2.82. The maximum atomic E-state index is 11.3. The van der Waals surface area contributed by atoms with E-state index in [0.717, 1.165) is 25.7 Å². The second kappa shape index (κ2) is 10.7. The largest absolute Gasteiger partial charge is 0.780 e. The first kappa shape index (κ1) is 17.5. The average molecular weight is 291 g/mol. The minimum Gasteiger partial charge on any atom is -0.780 e. The summed E-state index contributed by atoms with van der Waals surface area (Å²) in [5.41, 5.74) is 0. The minimum atomic E-state index is -3.17. The molecule has 0 aromatic heterocycles. The van der Waals surface area contributed by atoms with Crippen molar-refractivity contribution in [1.82, 2.24) is 0 Å². The molecule has 82 valence electrons. The van der Waals surface area contributed by atoms with Crippen molar-refractivity contribution in [1.29, 1.82) is 0 Å². The third-order valence-corrected chi connectivity index (χ3v) is 3.12. The van der Waals surface area contributed by atoms with Crippen LogP contribution in [0, 0.1) is 0 Å². The quantitative estimate of drug-likeness (QED) is 0.390. The van der Waals surface area contributed by atoms with Crippen molar-refractivity contribution in [2.45, 2.75) is 39.5 Å². The van der Waals surface area contributed by atoms with Crippen LogP contribution in [0.4, 0.5) is 0 Å². The van der Waals surface area contributed by atoms with Crippen LogP contribution in [0.1, 0.15) is 39.5 Å². The van der Waals surface area contributed by atoms with E-state index in [-0.39, 0.29) is 19.5 Å². The fourth-order valence-corrected chi connectivity index (χ4v) is 1.91. The predicted octanol–water partition coefficient (Wildman–Crippen LogP) is 2.20. The van der Waals surface area contributed by atoms with Gasteiger partial charge in [-0.15, -0.1) is 0 Å². The molecule has 0 saturated heterocycles. The van der Waals surface area contributed by atoms with Crippen LogP contribution in [0.15, 0.2) is 0 Å². The molecule has 14 heavy (non-hydrogen) atoms. The molecule has 0 aliphatic rings. The zero-order valence-corrected chi connectivity index (χ0v) is 13.7. The Kier molecular flexibility index (Phi) is 13.4. The van der Waals surface area contributed by atoms with Gasteiger partial charge in [-0.05, 0) is 12.8 Å². The summed E-state index contributed by atoms with van der Waals surface area (Å²) in [6, 6.07) is 0. The summed E-state index contributed by atoms with van der Waals surface area (Å²) in [5, 5.41) is 0. The van der Waals surface area contributed by atoms with E-state index in [0.29, 0.717) is 13.2 Å². The van der Waals surface area contributed by atoms with Crippen molar-refractivity contribution in [3.8, 4) is 0 Å². The standard InChI is InChI=1S/C8H19O3PS.Zn/c1-3-5-7-10-12(9,13)11-8-6-4-2;/h3-8H2,1-2H3,(H,9,13);/p-1. The molecule has 0 amide bonds. The summed E-state index contributed by atoms with van der Waals surface area (Å²) >= 11 is 4.68. The second-order valence-corrected chi connectivity index (χ2v) is 5.57. The van der Waals surface area contributed by atoms with E-state index in [1.165, 1.54) is 0 Å². The van der Waals surface area contributed by atoms with Gasteiger partial charge in [-0.2, -0.15) is 0 Å². The first-order valence-corrected chi connectivity index (χ1v) is 7.28. The predicted molar refractivity (Wildman–Crippen MR) is 56.0 cm³/mol. The van der Waals surface area contributed by atoms with Crippen molar-refractivity contribution in [3.05, 3.63) is 0 Å². The fraction of sp³-hybridized carbons (Fsp3) is 1.00. The van der Waals surface area contributed by atoms with Crippen molar-refractivity contribution in [2.75, 3.05) is 13.2 Å². The van der Waals surface area contributed by atoms with Gasteiger partial charge in [-0.3, -0.25) is 0 Å². The van der Waals surface area contributed by atoms with E-state index in [1.54, 1.807) is 0 Å². The Morgan fingerprint density at radius 1 is 1.07 bits per heavy atom. The van der Waals surface area contributed by atoms with E-state index >= 15 is 0 Å². The Labute approximate surface area is 105 Å². The molecule has 0 saturated carbocycles. The third-order valence-electron chi connectivity index (χ3n) is 1.49. The smallest absolute Gasteiger partial charge is 0.115 e. The summed E-state index contributed by atoms with van der Waals surface area (Å²) in [4.78, 5) is 11.3. The SMILES string of the molecule is CCCCOP([O-])(=S)OCCCC.[Zn]. The first-order chi connectivity index (χ1) is 6.12. The van der Waals surface area contributed by atoms with Crippen LogP contribution in [-0.4, -0.2) is 13.2 Å². The number of hydrogen-bond acceptors (Lipinski definition) is 4. The molecule has 0 atom stereocenters. The van der Waals surface area contributed by atoms with Crippen molar-refractivity contribution < 1.29 is 33.4 Å². The Morgan fingerprint density at radius 2 is 1.43 bits per heavy atom. The van der Waals surface area contributed by atoms with Gasteiger partial charge < -0.3 is 13.9 Å². The number of hydrogen-bond donors (Lipinski definition) is 0. The van der Waals surface area contributed by atoms with Gasteiger partial charge in [0.2, 0.25) is 0 Å². The normalized spacial score (nSPS) is 11.1. The summed E-state index contributed by atoms with van der Waals surface area (Å²) in [6.45, 7) is 1.77. The molecular weight excluding hydrogens is 273 g/mol. The minimum absolute atomic E-state index is 0. The molecule has 0 N–H and O–H groups in total. The molecule has 0 aromatic rings. The van der Waals surface area contributed by atoms with Crippen LogP contribution in [-0.2, 0) is 40.3 Å². The molecule has 6 heteroatoms. The van der Waals surface area contributed by atoms with Gasteiger partial charge in [0.1, 0.15) is 6.72 Å². The van der Waals surface area contributed by atoms with Gasteiger partial charge in [0.15, 0.2) is 0 Å². The molecule has 0 spiro atoms. The molecule has 3 nitrogen and oxygen atoms in total. The summed E-state index contributed by atoms with van der Waals surface area (Å²) in [6.07, 6.45) is 3.75. The van der Waals surface area contributed by atoms with E-state index in [1.807, 2.05) is 13.8 Å². The van der Waals surface area contributed by atoms with E-state index in [2.05, 4.69) is 11.8 Å². The third kappa shape index (κ3) is 11.2. The maximum absolute atomic E-state index is 11.3. The molecule has 0 fully saturated rings. The Balaban J connectivity index is 0. The topological polar surface area (TPSA) is 41.5 Å². The van der Waals surface area contributed by atoms with Crippen molar-refractivity contribution >= 4 is 18.5 Å². The molecular formula is C8H18O3PSZn-. The monoisotopic (exact) mass is 289 g/mol. The van der Waals surface area contributed by atoms with Crippen molar-refractivity contribution in [3.63, 3.8) is 0 Å². The first-order valence-electron chi connectivity index (χ1n) is 4.72. The summed E-state index contributed by atoms with van der Waals surface area (Å²) in [7, 11) is 0. The molecule has 0 heterocycles. The molecule has 0 aliphatic heterocycles. The summed E-state index contributed by atoms with van der Waals surface area (Å²) in [5.74, 6) is 0. The van der Waals surface area contributed by atoms with Gasteiger partial charge in [0, 0.05) is 19.5 Å². The van der Waals surface area contributed by atoms with Gasteiger partial charge >= 0.3 is 0 Å². The Bertz CT molecular complexity index is 155. The van der Waals surface area contributed by atoms with Gasteiger partial charge in [-0.1, -0.05) is 38.5 Å². The Hall–Kier alpha value is 1.15. The average Bonchev–Trinajstić information content (AvgIpc) is 2.05. The van der Waals surface area contributed by atoms with E-state index < -0.39 is 6.72 Å². The molecule has 0 rings (SSSR count). The van der Waals surface area contributed by atoms with Gasteiger partial charge in [0.25, 0.3) is 0 Å². The summed E-state index contributed by atoms with van der Waals surface area (Å²) < 4.78 is 9.93. The maximum Gasteiger partial charge on any atom is 0.115 e. The molecule has 0 aliphatic carbocycles. The Morgan fingerprint density at radius 3 is 1.71 bits per heavy atom. The number of rotatable bonds is 8. The zero-order valence-electron chi connectivity index (χ0n) is 9.03. The van der Waals surface area contributed by atoms with Crippen molar-refractivity contribution in [2.24, 2.45) is 0 Å². The van der Waals surface area contributed by atoms with Crippen LogP contribution in [0.25, 0.3) is 0 Å². The van der Waals surface area contributed by atoms with E-state index in [4.69, 9.17) is 9.05 Å². The van der Waals surface area contributed by atoms with Crippen LogP contribution >= 0.6 is 6.72 Å². The van der Waals surface area contributed by atoms with Gasteiger partial charge in [-0.25, -0.2) is 0 Å². The van der Waals surface area contributed by atoms with Crippen LogP contribution in [0.5, 0.6) is 0 Å². The van der Waals surface area contributed by atoms with Crippen LogP contribution in [0.3, 0.4) is 0 Å².